The number of nitrogen functional groups attached to an aromatic ring is 1. The molecule has 2 aliphatic rings. The highest BCUT2D eigenvalue weighted by Crippen LogP contribution is 2.39. The summed E-state index contributed by atoms with van der Waals surface area (Å²) in [6, 6.07) is 12.8. The Labute approximate surface area is 114 Å². The Morgan fingerprint density at radius 1 is 1.05 bits per heavy atom. The van der Waals surface area contributed by atoms with Gasteiger partial charge in [0.15, 0.2) is 0 Å². The third-order valence-corrected chi connectivity index (χ3v) is 3.75. The molecule has 98 valence electrons. The van der Waals surface area contributed by atoms with E-state index in [1.807, 2.05) is 6.07 Å². The Hall–Kier alpha value is -1.80. The summed E-state index contributed by atoms with van der Waals surface area (Å²) in [5.41, 5.74) is 13.9. The van der Waals surface area contributed by atoms with Crippen LogP contribution in [0.15, 0.2) is 36.4 Å². The summed E-state index contributed by atoms with van der Waals surface area (Å²) in [6.45, 7) is 4.68. The molecule has 3 N–H and O–H groups in total. The maximum absolute atomic E-state index is 6.04. The number of anilines is 1. The maximum Gasteiger partial charge on any atom is 0.0349 e. The highest BCUT2D eigenvalue weighted by molar-refractivity contribution is 5.80. The Morgan fingerprint density at radius 3 is 2.47 bits per heavy atom. The third-order valence-electron chi connectivity index (χ3n) is 3.75. The molecule has 0 bridgehead atoms. The standard InChI is InChI=1S/C15H15N.C2H5N/c1-2-11-14-9-10-5-3-4-6-12(10)13(14)7-8-15(11)16;1-2-3-1/h3-8H,2,9,16H2,1H3;3H,1-2H2. The molecule has 1 aliphatic heterocycles. The van der Waals surface area contributed by atoms with E-state index in [1.54, 1.807) is 0 Å². The fourth-order valence-electron chi connectivity index (χ4n) is 2.71. The number of benzene rings is 2. The van der Waals surface area contributed by atoms with Gasteiger partial charge in [0.05, 0.1) is 0 Å². The Bertz CT molecular complexity index is 597. The summed E-state index contributed by atoms with van der Waals surface area (Å²) in [7, 11) is 0. The lowest BCUT2D eigenvalue weighted by Gasteiger charge is -2.09. The zero-order valence-corrected chi connectivity index (χ0v) is 11.4. The van der Waals surface area contributed by atoms with E-state index in [-0.39, 0.29) is 0 Å². The van der Waals surface area contributed by atoms with Crippen LogP contribution in [0.2, 0.25) is 0 Å². The van der Waals surface area contributed by atoms with E-state index in [2.05, 4.69) is 42.6 Å². The molecule has 0 unspecified atom stereocenters. The zero-order chi connectivity index (χ0) is 13.2. The summed E-state index contributed by atoms with van der Waals surface area (Å²) >= 11 is 0. The topological polar surface area (TPSA) is 48.0 Å². The second kappa shape index (κ2) is 5.06. The molecule has 1 saturated heterocycles. The van der Waals surface area contributed by atoms with Crippen LogP contribution in [0.1, 0.15) is 23.6 Å². The van der Waals surface area contributed by atoms with Crippen LogP contribution in [0.4, 0.5) is 5.69 Å². The van der Waals surface area contributed by atoms with Gasteiger partial charge in [-0.1, -0.05) is 37.3 Å². The van der Waals surface area contributed by atoms with E-state index in [0.29, 0.717) is 0 Å². The molecule has 2 heteroatoms. The Kier molecular flexibility index (Phi) is 3.26. The van der Waals surface area contributed by atoms with Crippen molar-refractivity contribution in [3.05, 3.63) is 53.1 Å². The van der Waals surface area contributed by atoms with Gasteiger partial charge in [-0.25, -0.2) is 0 Å². The molecule has 0 amide bonds. The molecule has 0 aromatic heterocycles. The molecule has 1 fully saturated rings. The van der Waals surface area contributed by atoms with Gasteiger partial charge in [-0.05, 0) is 46.7 Å². The maximum atomic E-state index is 6.04. The number of hydrogen-bond donors (Lipinski definition) is 2. The van der Waals surface area contributed by atoms with E-state index in [0.717, 1.165) is 18.5 Å². The second-order valence-corrected chi connectivity index (χ2v) is 5.10. The predicted molar refractivity (Wildman–Crippen MR) is 81.3 cm³/mol. The van der Waals surface area contributed by atoms with Crippen LogP contribution < -0.4 is 11.1 Å². The van der Waals surface area contributed by atoms with Crippen LogP contribution in [0.5, 0.6) is 0 Å². The van der Waals surface area contributed by atoms with Crippen LogP contribution in [0.25, 0.3) is 11.1 Å². The minimum atomic E-state index is 0.939. The number of fused-ring (bicyclic) bond motifs is 3. The van der Waals surface area contributed by atoms with Gasteiger partial charge >= 0.3 is 0 Å². The molecule has 1 heterocycles. The molecule has 0 radical (unpaired) electrons. The lowest BCUT2D eigenvalue weighted by Crippen LogP contribution is -1.97. The van der Waals surface area contributed by atoms with Gasteiger partial charge in [0.2, 0.25) is 0 Å². The molecule has 0 atom stereocenters. The molecule has 2 nitrogen and oxygen atoms in total. The van der Waals surface area contributed by atoms with Gasteiger partial charge in [0.25, 0.3) is 0 Å². The van der Waals surface area contributed by atoms with Crippen LogP contribution >= 0.6 is 0 Å². The normalized spacial score (nSPS) is 14.2. The first-order valence-electron chi connectivity index (χ1n) is 7.00. The molecule has 2 aromatic rings. The van der Waals surface area contributed by atoms with Crippen molar-refractivity contribution in [3.63, 3.8) is 0 Å². The monoisotopic (exact) mass is 252 g/mol. The van der Waals surface area contributed by atoms with E-state index in [9.17, 15) is 0 Å². The number of hydrogen-bond acceptors (Lipinski definition) is 2. The van der Waals surface area contributed by atoms with Gasteiger partial charge in [0, 0.05) is 18.8 Å². The Morgan fingerprint density at radius 2 is 1.79 bits per heavy atom. The van der Waals surface area contributed by atoms with E-state index < -0.39 is 0 Å². The average molecular weight is 252 g/mol. The van der Waals surface area contributed by atoms with Crippen molar-refractivity contribution in [2.45, 2.75) is 19.8 Å². The van der Waals surface area contributed by atoms with Crippen molar-refractivity contribution in [2.75, 3.05) is 18.8 Å². The van der Waals surface area contributed by atoms with Crippen molar-refractivity contribution in [1.82, 2.24) is 5.32 Å². The molecule has 2 aromatic carbocycles. The first-order chi connectivity index (χ1) is 9.31. The molecule has 1 aliphatic carbocycles. The summed E-state index contributed by atoms with van der Waals surface area (Å²) in [6.07, 6.45) is 2.06. The van der Waals surface area contributed by atoms with Crippen molar-refractivity contribution in [2.24, 2.45) is 0 Å². The second-order valence-electron chi connectivity index (χ2n) is 5.10. The third kappa shape index (κ3) is 2.36. The first-order valence-corrected chi connectivity index (χ1v) is 7.00. The van der Waals surface area contributed by atoms with Gasteiger partial charge in [0.1, 0.15) is 0 Å². The van der Waals surface area contributed by atoms with Crippen molar-refractivity contribution < 1.29 is 0 Å². The lowest BCUT2D eigenvalue weighted by molar-refractivity contribution is 1.09. The number of nitrogens with two attached hydrogens (primary N) is 1. The van der Waals surface area contributed by atoms with E-state index in [4.69, 9.17) is 5.73 Å². The highest BCUT2D eigenvalue weighted by Gasteiger charge is 2.20. The zero-order valence-electron chi connectivity index (χ0n) is 11.4. The predicted octanol–water partition coefficient (Wildman–Crippen LogP) is 2.99. The smallest absolute Gasteiger partial charge is 0.0349 e. The average Bonchev–Trinajstić information content (AvgIpc) is 3.26. The van der Waals surface area contributed by atoms with Crippen molar-refractivity contribution in [1.29, 1.82) is 0 Å². The molecular formula is C17H20N2. The van der Waals surface area contributed by atoms with Gasteiger partial charge < -0.3 is 11.1 Å². The van der Waals surface area contributed by atoms with Crippen LogP contribution in [0, 0.1) is 0 Å². The lowest BCUT2D eigenvalue weighted by atomic mass is 9.98. The van der Waals surface area contributed by atoms with Gasteiger partial charge in [-0.2, -0.15) is 0 Å². The van der Waals surface area contributed by atoms with E-state index >= 15 is 0 Å². The fraction of sp³-hybridized carbons (Fsp3) is 0.294. The molecule has 0 spiro atoms. The SMILES string of the molecule is C1CN1.CCc1c(N)ccc2c1Cc1ccccc1-2. The summed E-state index contributed by atoms with van der Waals surface area (Å²) in [4.78, 5) is 0. The van der Waals surface area contributed by atoms with Crippen molar-refractivity contribution in [3.8, 4) is 11.1 Å². The highest BCUT2D eigenvalue weighted by atomic mass is 15.0. The van der Waals surface area contributed by atoms with E-state index in [1.165, 1.54) is 40.9 Å². The molecule has 4 rings (SSSR count). The van der Waals surface area contributed by atoms with Gasteiger partial charge in [-0.15, -0.1) is 0 Å². The first kappa shape index (κ1) is 12.2. The minimum Gasteiger partial charge on any atom is -0.398 e. The fourth-order valence-corrected chi connectivity index (χ4v) is 2.71. The molecular weight excluding hydrogens is 232 g/mol. The van der Waals surface area contributed by atoms with Crippen LogP contribution in [-0.2, 0) is 12.8 Å². The Balaban J connectivity index is 0.000000325. The van der Waals surface area contributed by atoms with Crippen LogP contribution in [-0.4, -0.2) is 13.1 Å². The van der Waals surface area contributed by atoms with Gasteiger partial charge in [-0.3, -0.25) is 0 Å². The van der Waals surface area contributed by atoms with Crippen LogP contribution in [0.3, 0.4) is 0 Å². The van der Waals surface area contributed by atoms with Crippen molar-refractivity contribution >= 4 is 5.69 Å². The number of nitrogens with one attached hydrogen (secondary N) is 1. The summed E-state index contributed by atoms with van der Waals surface area (Å²) in [5, 5.41) is 3.00. The summed E-state index contributed by atoms with van der Waals surface area (Å²) < 4.78 is 0. The minimum absolute atomic E-state index is 0.939. The largest absolute Gasteiger partial charge is 0.398 e. The molecule has 19 heavy (non-hydrogen) atoms. The quantitative estimate of drug-likeness (QED) is 0.516. The molecule has 0 saturated carbocycles. The number of rotatable bonds is 1. The summed E-state index contributed by atoms with van der Waals surface area (Å²) in [5.74, 6) is 0.